The van der Waals surface area contributed by atoms with Crippen LogP contribution in [0.15, 0.2) is 18.2 Å². The van der Waals surface area contributed by atoms with E-state index in [4.69, 9.17) is 0 Å². The molecule has 0 aliphatic heterocycles. The minimum absolute atomic E-state index is 0.126. The number of aromatic nitrogens is 4. The van der Waals surface area contributed by atoms with Gasteiger partial charge in [-0.05, 0) is 11.3 Å². The maximum atomic E-state index is 13.4. The second kappa shape index (κ2) is 4.76. The van der Waals surface area contributed by atoms with Crippen molar-refractivity contribution in [2.75, 3.05) is 5.32 Å². The van der Waals surface area contributed by atoms with Crippen molar-refractivity contribution >= 4 is 17.5 Å². The lowest BCUT2D eigenvalue weighted by Crippen LogP contribution is -2.15. The van der Waals surface area contributed by atoms with Gasteiger partial charge in [-0.2, -0.15) is 4.80 Å². The number of rotatable bonds is 3. The number of nitro groups is 1. The van der Waals surface area contributed by atoms with Crippen LogP contribution in [0.5, 0.6) is 0 Å². The van der Waals surface area contributed by atoms with Crippen molar-refractivity contribution in [3.8, 4) is 0 Å². The van der Waals surface area contributed by atoms with Crippen molar-refractivity contribution in [1.29, 1.82) is 0 Å². The number of nitrogens with zero attached hydrogens (tertiary/aromatic N) is 5. The van der Waals surface area contributed by atoms with E-state index in [1.54, 1.807) is 0 Å². The molecular weight excluding hydrogens is 259 g/mol. The van der Waals surface area contributed by atoms with Crippen LogP contribution in [-0.2, 0) is 7.05 Å². The highest BCUT2D eigenvalue weighted by Gasteiger charge is 2.18. The van der Waals surface area contributed by atoms with Crippen LogP contribution >= 0.6 is 0 Å². The topological polar surface area (TPSA) is 116 Å². The summed E-state index contributed by atoms with van der Waals surface area (Å²) >= 11 is 0. The lowest BCUT2D eigenvalue weighted by Gasteiger charge is -2.02. The first-order chi connectivity index (χ1) is 8.97. The quantitative estimate of drug-likeness (QED) is 0.639. The third-order valence-electron chi connectivity index (χ3n) is 2.14. The molecule has 0 fully saturated rings. The molecule has 0 bridgehead atoms. The predicted octanol–water partition coefficient (Wildman–Crippen LogP) is 0.510. The van der Waals surface area contributed by atoms with Crippen LogP contribution in [0.3, 0.4) is 0 Å². The normalized spacial score (nSPS) is 10.2. The zero-order chi connectivity index (χ0) is 14.0. The molecule has 0 aliphatic rings. The van der Waals surface area contributed by atoms with Gasteiger partial charge in [-0.1, -0.05) is 5.10 Å². The standard InChI is InChI=1S/C9H7FN6O3/c1-15-13-9(12-14-15)11-8(17)6-4-5(16(18)19)2-3-7(6)10/h2-4H,1H3,(H,11,13,17). The van der Waals surface area contributed by atoms with Crippen molar-refractivity contribution in [1.82, 2.24) is 20.2 Å². The Morgan fingerprint density at radius 2 is 2.26 bits per heavy atom. The minimum Gasteiger partial charge on any atom is -0.288 e. The lowest BCUT2D eigenvalue weighted by molar-refractivity contribution is -0.384. The van der Waals surface area contributed by atoms with Gasteiger partial charge in [-0.25, -0.2) is 4.39 Å². The van der Waals surface area contributed by atoms with Gasteiger partial charge in [0.15, 0.2) is 0 Å². The van der Waals surface area contributed by atoms with E-state index < -0.39 is 27.9 Å². The Kier molecular flexibility index (Phi) is 3.14. The van der Waals surface area contributed by atoms with Gasteiger partial charge in [0.25, 0.3) is 17.5 Å². The molecule has 0 atom stereocenters. The van der Waals surface area contributed by atoms with Gasteiger partial charge in [0.1, 0.15) is 5.82 Å². The van der Waals surface area contributed by atoms with Crippen molar-refractivity contribution in [2.24, 2.45) is 7.05 Å². The number of non-ortho nitro benzene ring substituents is 1. The van der Waals surface area contributed by atoms with Gasteiger partial charge >= 0.3 is 0 Å². The Morgan fingerprint density at radius 1 is 1.53 bits per heavy atom. The van der Waals surface area contributed by atoms with Crippen LogP contribution in [0, 0.1) is 15.9 Å². The second-order valence-electron chi connectivity index (χ2n) is 3.48. The van der Waals surface area contributed by atoms with Gasteiger partial charge in [-0.15, -0.1) is 5.10 Å². The highest BCUT2D eigenvalue weighted by atomic mass is 19.1. The molecule has 1 N–H and O–H groups in total. The number of anilines is 1. The van der Waals surface area contributed by atoms with E-state index in [0.717, 1.165) is 23.0 Å². The summed E-state index contributed by atoms with van der Waals surface area (Å²) in [5, 5.41) is 23.4. The Morgan fingerprint density at radius 3 is 2.84 bits per heavy atom. The van der Waals surface area contributed by atoms with E-state index in [9.17, 15) is 19.3 Å². The number of nitro benzene ring substituents is 1. The molecule has 1 aromatic carbocycles. The number of tetrazole rings is 1. The maximum Gasteiger partial charge on any atom is 0.270 e. The molecule has 9 nitrogen and oxygen atoms in total. The zero-order valence-corrected chi connectivity index (χ0v) is 9.57. The molecule has 1 amide bonds. The van der Waals surface area contributed by atoms with Crippen LogP contribution in [0.2, 0.25) is 0 Å². The molecule has 98 valence electrons. The van der Waals surface area contributed by atoms with Crippen molar-refractivity contribution in [2.45, 2.75) is 0 Å². The van der Waals surface area contributed by atoms with Crippen LogP contribution in [0.4, 0.5) is 16.0 Å². The van der Waals surface area contributed by atoms with Gasteiger partial charge < -0.3 is 0 Å². The highest BCUT2D eigenvalue weighted by molar-refractivity contribution is 6.03. The SMILES string of the molecule is Cn1nnc(NC(=O)c2cc([N+](=O)[O-])ccc2F)n1. The number of benzene rings is 1. The molecule has 1 heterocycles. The summed E-state index contributed by atoms with van der Waals surface area (Å²) in [7, 11) is 1.48. The zero-order valence-electron chi connectivity index (χ0n) is 9.57. The van der Waals surface area contributed by atoms with Crippen molar-refractivity contribution < 1.29 is 14.1 Å². The van der Waals surface area contributed by atoms with E-state index in [-0.39, 0.29) is 5.95 Å². The maximum absolute atomic E-state index is 13.4. The number of aryl methyl sites for hydroxylation is 1. The fourth-order valence-electron chi connectivity index (χ4n) is 1.30. The van der Waals surface area contributed by atoms with Crippen LogP contribution in [-0.4, -0.2) is 31.0 Å². The third-order valence-corrected chi connectivity index (χ3v) is 2.14. The van der Waals surface area contributed by atoms with Crippen molar-refractivity contribution in [3.63, 3.8) is 0 Å². The Labute approximate surface area is 105 Å². The number of carbonyl (C=O) groups excluding carboxylic acids is 1. The highest BCUT2D eigenvalue weighted by Crippen LogP contribution is 2.17. The number of nitrogens with one attached hydrogen (secondary N) is 1. The molecule has 1 aromatic heterocycles. The molecule has 0 radical (unpaired) electrons. The summed E-state index contributed by atoms with van der Waals surface area (Å²) in [4.78, 5) is 22.7. The van der Waals surface area contributed by atoms with E-state index in [0.29, 0.717) is 0 Å². The third kappa shape index (κ3) is 2.68. The minimum atomic E-state index is -0.894. The average molecular weight is 266 g/mol. The molecule has 0 saturated heterocycles. The smallest absolute Gasteiger partial charge is 0.270 e. The van der Waals surface area contributed by atoms with Gasteiger partial charge in [0, 0.05) is 12.1 Å². The molecule has 0 unspecified atom stereocenters. The first-order valence-electron chi connectivity index (χ1n) is 4.96. The summed E-state index contributed by atoms with van der Waals surface area (Å²) in [5.41, 5.74) is -0.861. The molecule has 0 spiro atoms. The molecule has 2 rings (SSSR count). The number of carbonyl (C=O) groups is 1. The molecule has 0 saturated carbocycles. The molecule has 19 heavy (non-hydrogen) atoms. The fraction of sp³-hybridized carbons (Fsp3) is 0.111. The number of hydrogen-bond donors (Lipinski definition) is 1. The summed E-state index contributed by atoms with van der Waals surface area (Å²) in [5.74, 6) is -1.90. The van der Waals surface area contributed by atoms with Crippen LogP contribution in [0.25, 0.3) is 0 Å². The lowest BCUT2D eigenvalue weighted by atomic mass is 10.2. The predicted molar refractivity (Wildman–Crippen MR) is 59.8 cm³/mol. The number of halogens is 1. The number of amides is 1. The van der Waals surface area contributed by atoms with Gasteiger partial charge in [0.05, 0.1) is 17.5 Å². The summed E-state index contributed by atoms with van der Waals surface area (Å²) < 4.78 is 13.4. The van der Waals surface area contributed by atoms with E-state index in [1.807, 2.05) is 0 Å². The summed E-state index contributed by atoms with van der Waals surface area (Å²) in [6.45, 7) is 0. The fourth-order valence-corrected chi connectivity index (χ4v) is 1.30. The van der Waals surface area contributed by atoms with Gasteiger partial charge in [0.2, 0.25) is 0 Å². The average Bonchev–Trinajstić information content (AvgIpc) is 2.74. The second-order valence-corrected chi connectivity index (χ2v) is 3.48. The Hall–Kier alpha value is -2.91. The first-order valence-corrected chi connectivity index (χ1v) is 4.96. The Bertz CT molecular complexity index is 655. The van der Waals surface area contributed by atoms with E-state index >= 15 is 0 Å². The van der Waals surface area contributed by atoms with Crippen LogP contribution < -0.4 is 5.32 Å². The first kappa shape index (κ1) is 12.5. The summed E-state index contributed by atoms with van der Waals surface area (Å²) in [6.07, 6.45) is 0. The van der Waals surface area contributed by atoms with E-state index in [2.05, 4.69) is 20.7 Å². The molecule has 10 heteroatoms. The largest absolute Gasteiger partial charge is 0.288 e. The summed E-state index contributed by atoms with van der Waals surface area (Å²) in [6, 6.07) is 2.64. The van der Waals surface area contributed by atoms with E-state index in [1.165, 1.54) is 7.05 Å². The molecule has 2 aromatic rings. The van der Waals surface area contributed by atoms with Crippen molar-refractivity contribution in [3.05, 3.63) is 39.7 Å². The van der Waals surface area contributed by atoms with Crippen LogP contribution in [0.1, 0.15) is 10.4 Å². The Balaban J connectivity index is 2.27. The monoisotopic (exact) mass is 266 g/mol. The molecular formula is C9H7FN6O3. The molecule has 0 aliphatic carbocycles. The number of hydrogen-bond acceptors (Lipinski definition) is 6. The van der Waals surface area contributed by atoms with Gasteiger partial charge in [-0.3, -0.25) is 20.2 Å².